The highest BCUT2D eigenvalue weighted by Gasteiger charge is 2.31. The van der Waals surface area contributed by atoms with Gasteiger partial charge in [-0.2, -0.15) is 10.4 Å². The number of rotatable bonds is 5. The van der Waals surface area contributed by atoms with Crippen molar-refractivity contribution in [2.75, 3.05) is 19.6 Å². The molecule has 0 saturated carbocycles. The highest BCUT2D eigenvalue weighted by molar-refractivity contribution is 5.79. The molecule has 1 unspecified atom stereocenters. The van der Waals surface area contributed by atoms with Crippen molar-refractivity contribution < 1.29 is 4.79 Å². The Kier molecular flexibility index (Phi) is 5.19. The van der Waals surface area contributed by atoms with E-state index in [2.05, 4.69) is 26.5 Å². The van der Waals surface area contributed by atoms with Crippen LogP contribution in [0, 0.1) is 17.2 Å². The van der Waals surface area contributed by atoms with Crippen LogP contribution in [0.1, 0.15) is 45.2 Å². The molecule has 1 aliphatic rings. The second kappa shape index (κ2) is 6.93. The Morgan fingerprint density at radius 2 is 2.27 bits per heavy atom. The number of carbonyl (C=O) groups is 1. The van der Waals surface area contributed by atoms with Crippen LogP contribution >= 0.6 is 0 Å². The van der Waals surface area contributed by atoms with Gasteiger partial charge in [0.05, 0.1) is 12.6 Å². The van der Waals surface area contributed by atoms with E-state index in [0.29, 0.717) is 12.5 Å². The number of nitrogens with zero attached hydrogens (tertiary/aromatic N) is 3. The number of nitriles is 1. The van der Waals surface area contributed by atoms with E-state index in [4.69, 9.17) is 0 Å². The number of carbonyl (C=O) groups excluding carboxylic acids is 1. The zero-order valence-corrected chi connectivity index (χ0v) is 13.6. The number of aromatic amines is 1. The average molecular weight is 303 g/mol. The number of nitrogens with one attached hydrogen (secondary N) is 2. The van der Waals surface area contributed by atoms with E-state index in [-0.39, 0.29) is 11.8 Å². The predicted octanol–water partition coefficient (Wildman–Crippen LogP) is 1.64. The third kappa shape index (κ3) is 3.86. The van der Waals surface area contributed by atoms with Crippen LogP contribution in [0.3, 0.4) is 0 Å². The molecule has 2 heterocycles. The Hall–Kier alpha value is -1.87. The monoisotopic (exact) mass is 303 g/mol. The van der Waals surface area contributed by atoms with Gasteiger partial charge < -0.3 is 5.32 Å². The molecule has 1 aromatic rings. The van der Waals surface area contributed by atoms with Crippen LogP contribution in [0.15, 0.2) is 12.3 Å². The van der Waals surface area contributed by atoms with Crippen LogP contribution in [0.2, 0.25) is 0 Å². The molecule has 1 aromatic heterocycles. The molecule has 1 amide bonds. The first-order chi connectivity index (χ1) is 10.4. The molecule has 1 fully saturated rings. The van der Waals surface area contributed by atoms with Crippen molar-refractivity contribution in [3.8, 4) is 6.07 Å². The van der Waals surface area contributed by atoms with Crippen LogP contribution in [-0.2, 0) is 4.79 Å². The lowest BCUT2D eigenvalue weighted by Crippen LogP contribution is -2.52. The summed E-state index contributed by atoms with van der Waals surface area (Å²) in [5, 5.41) is 19.2. The van der Waals surface area contributed by atoms with E-state index in [0.717, 1.165) is 25.9 Å². The minimum atomic E-state index is -0.800. The van der Waals surface area contributed by atoms with Gasteiger partial charge in [-0.15, -0.1) is 0 Å². The zero-order valence-electron chi connectivity index (χ0n) is 13.6. The largest absolute Gasteiger partial charge is 0.337 e. The number of aromatic nitrogens is 2. The van der Waals surface area contributed by atoms with Gasteiger partial charge in [-0.25, -0.2) is 0 Å². The topological polar surface area (TPSA) is 84.8 Å². The fraction of sp³-hybridized carbons (Fsp3) is 0.688. The van der Waals surface area contributed by atoms with Crippen LogP contribution in [0.5, 0.6) is 0 Å². The molecule has 120 valence electrons. The molecule has 6 heteroatoms. The normalized spacial score (nSPS) is 19.6. The van der Waals surface area contributed by atoms with Gasteiger partial charge in [0.1, 0.15) is 5.54 Å². The third-order valence-electron chi connectivity index (χ3n) is 4.70. The summed E-state index contributed by atoms with van der Waals surface area (Å²) in [7, 11) is 0. The fourth-order valence-corrected chi connectivity index (χ4v) is 2.73. The van der Waals surface area contributed by atoms with Crippen LogP contribution in [0.4, 0.5) is 0 Å². The Bertz CT molecular complexity index is 525. The van der Waals surface area contributed by atoms with Crippen molar-refractivity contribution in [2.24, 2.45) is 5.92 Å². The number of hydrogen-bond acceptors (Lipinski definition) is 4. The minimum absolute atomic E-state index is 0.0715. The van der Waals surface area contributed by atoms with Gasteiger partial charge in [0.15, 0.2) is 0 Å². The molecule has 0 radical (unpaired) electrons. The van der Waals surface area contributed by atoms with Crippen molar-refractivity contribution in [1.82, 2.24) is 20.4 Å². The fourth-order valence-electron chi connectivity index (χ4n) is 2.73. The third-order valence-corrected chi connectivity index (χ3v) is 4.70. The molecule has 0 spiro atoms. The molecular formula is C16H25N5O. The van der Waals surface area contributed by atoms with Gasteiger partial charge in [0.2, 0.25) is 5.91 Å². The molecule has 1 saturated heterocycles. The van der Waals surface area contributed by atoms with E-state index in [1.165, 1.54) is 5.69 Å². The Balaban J connectivity index is 1.81. The van der Waals surface area contributed by atoms with E-state index in [1.807, 2.05) is 19.9 Å². The number of hydrogen-bond donors (Lipinski definition) is 2. The lowest BCUT2D eigenvalue weighted by molar-refractivity contribution is -0.124. The van der Waals surface area contributed by atoms with E-state index in [1.54, 1.807) is 13.1 Å². The number of likely N-dealkylation sites (tertiary alicyclic amines) is 1. The van der Waals surface area contributed by atoms with E-state index in [9.17, 15) is 10.1 Å². The first-order valence-corrected chi connectivity index (χ1v) is 7.88. The molecule has 0 bridgehead atoms. The van der Waals surface area contributed by atoms with Gasteiger partial charge in [-0.1, -0.05) is 13.8 Å². The van der Waals surface area contributed by atoms with Crippen LogP contribution in [-0.4, -0.2) is 46.2 Å². The second-order valence-corrected chi connectivity index (χ2v) is 6.58. The van der Waals surface area contributed by atoms with Crippen LogP contribution < -0.4 is 5.32 Å². The van der Waals surface area contributed by atoms with Crippen molar-refractivity contribution in [2.45, 2.75) is 45.1 Å². The molecule has 6 nitrogen and oxygen atoms in total. The SMILES string of the molecule is CC(C)C(C)(C#N)NC(=O)CN1CCC(c2ccn[nH]2)CC1. The number of H-pyrrole nitrogens is 1. The molecule has 0 aliphatic carbocycles. The number of amides is 1. The lowest BCUT2D eigenvalue weighted by atomic mass is 9.90. The first-order valence-electron chi connectivity index (χ1n) is 7.88. The molecule has 2 N–H and O–H groups in total. The van der Waals surface area contributed by atoms with Crippen molar-refractivity contribution in [3.05, 3.63) is 18.0 Å². The Labute approximate surface area is 131 Å². The first kappa shape index (κ1) is 16.5. The maximum atomic E-state index is 12.2. The number of piperidine rings is 1. The van der Waals surface area contributed by atoms with Gasteiger partial charge >= 0.3 is 0 Å². The average Bonchev–Trinajstić information content (AvgIpc) is 3.01. The van der Waals surface area contributed by atoms with E-state index >= 15 is 0 Å². The lowest BCUT2D eigenvalue weighted by Gasteiger charge is -2.33. The Morgan fingerprint density at radius 3 is 2.77 bits per heavy atom. The Morgan fingerprint density at radius 1 is 1.59 bits per heavy atom. The zero-order chi connectivity index (χ0) is 16.2. The maximum Gasteiger partial charge on any atom is 0.235 e. The maximum absolute atomic E-state index is 12.2. The molecule has 2 rings (SSSR count). The predicted molar refractivity (Wildman–Crippen MR) is 84.0 cm³/mol. The summed E-state index contributed by atoms with van der Waals surface area (Å²) in [6.07, 6.45) is 3.83. The summed E-state index contributed by atoms with van der Waals surface area (Å²) in [5.74, 6) is 0.507. The highest BCUT2D eigenvalue weighted by atomic mass is 16.2. The summed E-state index contributed by atoms with van der Waals surface area (Å²) in [5.41, 5.74) is 0.381. The highest BCUT2D eigenvalue weighted by Crippen LogP contribution is 2.26. The quantitative estimate of drug-likeness (QED) is 0.866. The molecule has 1 atom stereocenters. The van der Waals surface area contributed by atoms with Gasteiger partial charge in [0, 0.05) is 17.8 Å². The summed E-state index contributed by atoms with van der Waals surface area (Å²) in [6, 6.07) is 4.23. The summed E-state index contributed by atoms with van der Waals surface area (Å²) in [4.78, 5) is 14.3. The molecule has 0 aromatic carbocycles. The smallest absolute Gasteiger partial charge is 0.235 e. The van der Waals surface area contributed by atoms with Gasteiger partial charge in [-0.3, -0.25) is 14.8 Å². The van der Waals surface area contributed by atoms with Gasteiger partial charge in [0.25, 0.3) is 0 Å². The minimum Gasteiger partial charge on any atom is -0.337 e. The summed E-state index contributed by atoms with van der Waals surface area (Å²) >= 11 is 0. The standard InChI is InChI=1S/C16H25N5O/c1-12(2)16(3,11-17)19-15(22)10-21-8-5-13(6-9-21)14-4-7-18-20-14/h4,7,12-13H,5-6,8-10H2,1-3H3,(H,18,20)(H,19,22). The van der Waals surface area contributed by atoms with Crippen LogP contribution in [0.25, 0.3) is 0 Å². The molecular weight excluding hydrogens is 278 g/mol. The summed E-state index contributed by atoms with van der Waals surface area (Å²) < 4.78 is 0. The summed E-state index contributed by atoms with van der Waals surface area (Å²) in [6.45, 7) is 7.81. The van der Waals surface area contributed by atoms with Crippen molar-refractivity contribution in [1.29, 1.82) is 5.26 Å². The van der Waals surface area contributed by atoms with Crippen molar-refractivity contribution >= 4 is 5.91 Å². The van der Waals surface area contributed by atoms with E-state index < -0.39 is 5.54 Å². The van der Waals surface area contributed by atoms with Gasteiger partial charge in [-0.05, 0) is 44.8 Å². The molecule has 22 heavy (non-hydrogen) atoms. The van der Waals surface area contributed by atoms with Crippen molar-refractivity contribution in [3.63, 3.8) is 0 Å². The second-order valence-electron chi connectivity index (χ2n) is 6.58. The molecule has 1 aliphatic heterocycles.